The molecule has 1 aromatic carbocycles. The van der Waals surface area contributed by atoms with Crippen molar-refractivity contribution >= 4 is 12.6 Å². The number of hydrogen-bond acceptors (Lipinski definition) is 3. The summed E-state index contributed by atoms with van der Waals surface area (Å²) in [5.41, 5.74) is -0.915. The molecular weight excluding hydrogens is 248 g/mol. The van der Waals surface area contributed by atoms with Gasteiger partial charge in [0.1, 0.15) is 5.75 Å². The van der Waals surface area contributed by atoms with Crippen molar-refractivity contribution in [2.24, 2.45) is 5.92 Å². The summed E-state index contributed by atoms with van der Waals surface area (Å²) in [5, 5.41) is 18.1. The van der Waals surface area contributed by atoms with E-state index in [-0.39, 0.29) is 11.2 Å². The molecule has 0 bridgehead atoms. The van der Waals surface area contributed by atoms with Crippen LogP contribution in [0.4, 0.5) is 13.2 Å². The molecule has 2 N–H and O–H groups in total. The number of rotatable bonds is 4. The number of ether oxygens (including phenoxy) is 1. The van der Waals surface area contributed by atoms with Gasteiger partial charge in [-0.05, 0) is 24.8 Å². The lowest BCUT2D eigenvalue weighted by atomic mass is 9.79. The zero-order chi connectivity index (χ0) is 13.3. The summed E-state index contributed by atoms with van der Waals surface area (Å²) < 4.78 is 42.8. The minimum atomic E-state index is -4.48. The molecule has 0 aromatic heterocycles. The Labute approximate surface area is 102 Å². The maximum atomic E-state index is 12.5. The van der Waals surface area contributed by atoms with E-state index in [0.717, 1.165) is 31.0 Å². The zero-order valence-electron chi connectivity index (χ0n) is 9.44. The van der Waals surface area contributed by atoms with Gasteiger partial charge in [0.25, 0.3) is 0 Å². The van der Waals surface area contributed by atoms with Crippen LogP contribution in [0.25, 0.3) is 0 Å². The van der Waals surface area contributed by atoms with E-state index in [1.165, 1.54) is 0 Å². The Morgan fingerprint density at radius 1 is 1.28 bits per heavy atom. The highest BCUT2D eigenvalue weighted by molar-refractivity contribution is 6.59. The van der Waals surface area contributed by atoms with Gasteiger partial charge in [-0.3, -0.25) is 0 Å². The van der Waals surface area contributed by atoms with Crippen molar-refractivity contribution in [2.45, 2.75) is 19.0 Å². The number of halogens is 3. The second kappa shape index (κ2) is 4.82. The molecule has 0 saturated heterocycles. The molecule has 2 rings (SSSR count). The van der Waals surface area contributed by atoms with Gasteiger partial charge in [0.15, 0.2) is 0 Å². The summed E-state index contributed by atoms with van der Waals surface area (Å²) in [6.07, 6.45) is -2.48. The van der Waals surface area contributed by atoms with Gasteiger partial charge in [-0.15, -0.1) is 0 Å². The van der Waals surface area contributed by atoms with Crippen molar-refractivity contribution in [3.63, 3.8) is 0 Å². The van der Waals surface area contributed by atoms with Crippen molar-refractivity contribution in [1.82, 2.24) is 0 Å². The highest BCUT2D eigenvalue weighted by Crippen LogP contribution is 2.32. The molecule has 1 aromatic rings. The van der Waals surface area contributed by atoms with Crippen molar-refractivity contribution in [2.75, 3.05) is 6.61 Å². The minimum absolute atomic E-state index is 0.0522. The van der Waals surface area contributed by atoms with Crippen LogP contribution in [0.3, 0.4) is 0 Å². The van der Waals surface area contributed by atoms with E-state index in [4.69, 9.17) is 14.8 Å². The first-order valence-electron chi connectivity index (χ1n) is 5.58. The van der Waals surface area contributed by atoms with Crippen molar-refractivity contribution < 1.29 is 28.0 Å². The lowest BCUT2D eigenvalue weighted by molar-refractivity contribution is -0.137. The number of alkyl halides is 3. The van der Waals surface area contributed by atoms with E-state index < -0.39 is 18.9 Å². The first-order valence-corrected chi connectivity index (χ1v) is 5.58. The van der Waals surface area contributed by atoms with Crippen molar-refractivity contribution in [3.05, 3.63) is 23.8 Å². The molecule has 1 fully saturated rings. The van der Waals surface area contributed by atoms with E-state index in [1.807, 2.05) is 0 Å². The lowest BCUT2D eigenvalue weighted by Gasteiger charge is -2.14. The highest BCUT2D eigenvalue weighted by Gasteiger charge is 2.32. The van der Waals surface area contributed by atoms with Crippen LogP contribution in [0.15, 0.2) is 18.2 Å². The summed E-state index contributed by atoms with van der Waals surface area (Å²) in [4.78, 5) is 0. The smallest absolute Gasteiger partial charge is 0.492 e. The Kier molecular flexibility index (Phi) is 3.54. The normalized spacial score (nSPS) is 15.6. The Morgan fingerprint density at radius 2 is 1.94 bits per heavy atom. The van der Waals surface area contributed by atoms with Crippen molar-refractivity contribution in [3.8, 4) is 5.75 Å². The largest absolute Gasteiger partial charge is 0.494 e. The fourth-order valence-corrected chi connectivity index (χ4v) is 1.54. The van der Waals surface area contributed by atoms with Gasteiger partial charge in [0.2, 0.25) is 0 Å². The quantitative estimate of drug-likeness (QED) is 0.799. The third-order valence-electron chi connectivity index (χ3n) is 2.79. The second-order valence-electron chi connectivity index (χ2n) is 4.38. The van der Waals surface area contributed by atoms with Crippen LogP contribution in [0.2, 0.25) is 0 Å². The minimum Gasteiger partial charge on any atom is -0.494 e. The molecule has 18 heavy (non-hydrogen) atoms. The predicted molar refractivity (Wildman–Crippen MR) is 59.5 cm³/mol. The first kappa shape index (κ1) is 13.2. The predicted octanol–water partition coefficient (Wildman–Crippen LogP) is 1.17. The summed E-state index contributed by atoms with van der Waals surface area (Å²) in [7, 11) is -1.85. The molecular formula is C11H12BF3O3. The summed E-state index contributed by atoms with van der Waals surface area (Å²) in [6.45, 7) is 0.307. The molecule has 0 heterocycles. The topological polar surface area (TPSA) is 49.7 Å². The molecule has 0 radical (unpaired) electrons. The third-order valence-corrected chi connectivity index (χ3v) is 2.79. The monoisotopic (exact) mass is 260 g/mol. The maximum absolute atomic E-state index is 12.5. The summed E-state index contributed by atoms with van der Waals surface area (Å²) in [6, 6.07) is 2.63. The molecule has 1 aliphatic carbocycles. The molecule has 7 heteroatoms. The molecule has 0 spiro atoms. The molecule has 3 nitrogen and oxygen atoms in total. The van der Waals surface area contributed by atoms with Crippen LogP contribution >= 0.6 is 0 Å². The van der Waals surface area contributed by atoms with E-state index in [2.05, 4.69) is 0 Å². The fraction of sp³-hybridized carbons (Fsp3) is 0.455. The van der Waals surface area contributed by atoms with Crippen LogP contribution in [0.5, 0.6) is 5.75 Å². The Hall–Kier alpha value is -1.21. The molecule has 0 unspecified atom stereocenters. The average molecular weight is 260 g/mol. The standard InChI is InChI=1S/C11H12BF3O3/c13-11(14,15)8-3-4-9(12(16)17)10(5-8)18-6-7-1-2-7/h3-5,7,16-17H,1-2,6H2. The van der Waals surface area contributed by atoms with Gasteiger partial charge in [-0.2, -0.15) is 13.2 Å². The Morgan fingerprint density at radius 3 is 2.44 bits per heavy atom. The highest BCUT2D eigenvalue weighted by atomic mass is 19.4. The molecule has 0 aliphatic heterocycles. The van der Waals surface area contributed by atoms with Gasteiger partial charge < -0.3 is 14.8 Å². The van der Waals surface area contributed by atoms with E-state index in [1.54, 1.807) is 0 Å². The number of benzene rings is 1. The van der Waals surface area contributed by atoms with E-state index in [9.17, 15) is 13.2 Å². The van der Waals surface area contributed by atoms with Crippen molar-refractivity contribution in [1.29, 1.82) is 0 Å². The van der Waals surface area contributed by atoms with E-state index >= 15 is 0 Å². The Balaban J connectivity index is 2.24. The first-order chi connectivity index (χ1) is 8.38. The van der Waals surface area contributed by atoms with Crippen LogP contribution in [-0.2, 0) is 6.18 Å². The van der Waals surface area contributed by atoms with Gasteiger partial charge in [-0.25, -0.2) is 0 Å². The zero-order valence-corrected chi connectivity index (χ0v) is 9.44. The van der Waals surface area contributed by atoms with Crippen LogP contribution in [0, 0.1) is 5.92 Å². The average Bonchev–Trinajstić information content (AvgIpc) is 3.08. The van der Waals surface area contributed by atoms with E-state index in [0.29, 0.717) is 12.5 Å². The lowest BCUT2D eigenvalue weighted by Crippen LogP contribution is -2.32. The van der Waals surface area contributed by atoms with Crippen LogP contribution < -0.4 is 10.2 Å². The van der Waals surface area contributed by atoms with Gasteiger partial charge in [-0.1, -0.05) is 12.1 Å². The second-order valence-corrected chi connectivity index (χ2v) is 4.38. The maximum Gasteiger partial charge on any atom is 0.492 e. The molecule has 98 valence electrons. The molecule has 0 atom stereocenters. The van der Waals surface area contributed by atoms with Crippen LogP contribution in [-0.4, -0.2) is 23.8 Å². The SMILES string of the molecule is OB(O)c1ccc(C(F)(F)F)cc1OCC1CC1. The number of hydrogen-bond donors (Lipinski definition) is 2. The molecule has 1 aliphatic rings. The van der Waals surface area contributed by atoms with Gasteiger partial charge in [0.05, 0.1) is 12.2 Å². The van der Waals surface area contributed by atoms with Gasteiger partial charge >= 0.3 is 13.3 Å². The fourth-order valence-electron chi connectivity index (χ4n) is 1.54. The molecule has 0 amide bonds. The third kappa shape index (κ3) is 3.17. The Bertz CT molecular complexity index is 430. The van der Waals surface area contributed by atoms with Gasteiger partial charge in [0, 0.05) is 5.46 Å². The summed E-state index contributed by atoms with van der Waals surface area (Å²) >= 11 is 0. The molecule has 1 saturated carbocycles. The van der Waals surface area contributed by atoms with Crippen LogP contribution in [0.1, 0.15) is 18.4 Å². The summed E-state index contributed by atoms with van der Waals surface area (Å²) in [5.74, 6) is 0.245.